The van der Waals surface area contributed by atoms with Gasteiger partial charge in [-0.15, -0.1) is 0 Å². The number of carbonyl (C=O) groups is 2. The molecule has 1 amide bonds. The van der Waals surface area contributed by atoms with Crippen molar-refractivity contribution in [3.05, 3.63) is 52.1 Å². The molecule has 6 heteroatoms. The summed E-state index contributed by atoms with van der Waals surface area (Å²) in [6.45, 7) is 9.76. The van der Waals surface area contributed by atoms with Crippen LogP contribution in [0.15, 0.2) is 24.3 Å². The molecule has 0 aromatic heterocycles. The molecule has 0 aliphatic heterocycles. The predicted octanol–water partition coefficient (Wildman–Crippen LogP) is 9.01. The van der Waals surface area contributed by atoms with Crippen LogP contribution in [0, 0.1) is 27.7 Å². The summed E-state index contributed by atoms with van der Waals surface area (Å²) in [5.41, 5.74) is 4.08. The van der Waals surface area contributed by atoms with E-state index in [2.05, 4.69) is 12.2 Å². The fourth-order valence-corrected chi connectivity index (χ4v) is 5.42. The van der Waals surface area contributed by atoms with E-state index in [4.69, 9.17) is 4.74 Å². The first-order chi connectivity index (χ1) is 19.6. The molecule has 2 aromatic carbocycles. The summed E-state index contributed by atoms with van der Waals surface area (Å²) in [6, 6.07) is 6.44. The number of carboxylic acids is 1. The summed E-state index contributed by atoms with van der Waals surface area (Å²) in [7, 11) is 0. The van der Waals surface area contributed by atoms with Crippen LogP contribution in [0.3, 0.4) is 0 Å². The zero-order chi connectivity index (χ0) is 30.2. The van der Waals surface area contributed by atoms with Gasteiger partial charge in [-0.3, -0.25) is 4.79 Å². The van der Waals surface area contributed by atoms with Crippen LogP contribution in [0.4, 0.5) is 0 Å². The summed E-state index contributed by atoms with van der Waals surface area (Å²) in [5, 5.41) is 22.5. The second-order valence-electron chi connectivity index (χ2n) is 11.7. The number of aliphatic carboxylic acids is 1. The van der Waals surface area contributed by atoms with Crippen molar-refractivity contribution in [1.29, 1.82) is 0 Å². The minimum absolute atomic E-state index is 0.202. The number of carboxylic acid groups (broad SMARTS) is 1. The minimum Gasteiger partial charge on any atom is -0.507 e. The fraction of sp³-hybridized carbons (Fsp3) is 0.600. The molecule has 0 aliphatic rings. The van der Waals surface area contributed by atoms with Crippen LogP contribution in [0.5, 0.6) is 17.2 Å². The molecule has 0 heterocycles. The molecule has 0 radical (unpaired) electrons. The zero-order valence-electron chi connectivity index (χ0n) is 26.1. The van der Waals surface area contributed by atoms with E-state index < -0.39 is 12.0 Å². The molecule has 1 unspecified atom stereocenters. The second kappa shape index (κ2) is 18.4. The average Bonchev–Trinajstić information content (AvgIpc) is 2.91. The number of carbonyl (C=O) groups excluding carboxylic acids is 1. The van der Waals surface area contributed by atoms with Crippen molar-refractivity contribution in [1.82, 2.24) is 5.32 Å². The summed E-state index contributed by atoms with van der Waals surface area (Å²) in [6.07, 6.45) is 16.7. The number of ether oxygens (including phenoxy) is 1. The van der Waals surface area contributed by atoms with Gasteiger partial charge in [-0.1, -0.05) is 96.1 Å². The molecule has 0 bridgehead atoms. The van der Waals surface area contributed by atoms with Gasteiger partial charge >= 0.3 is 5.97 Å². The van der Waals surface area contributed by atoms with Gasteiger partial charge in [0.05, 0.1) is 0 Å². The Morgan fingerprint density at radius 3 is 1.66 bits per heavy atom. The SMILES string of the molecule is CCCCCCCCCCCCCCCC(=O)NC(Cc1cc(C)c(Oc2cc(C)c(O)c(C)c2)c(C)c1)C(=O)O. The van der Waals surface area contributed by atoms with Crippen molar-refractivity contribution in [2.75, 3.05) is 0 Å². The Morgan fingerprint density at radius 2 is 1.20 bits per heavy atom. The van der Waals surface area contributed by atoms with Gasteiger partial charge in [-0.05, 0) is 74.1 Å². The highest BCUT2D eigenvalue weighted by molar-refractivity contribution is 5.83. The highest BCUT2D eigenvalue weighted by atomic mass is 16.5. The number of nitrogens with one attached hydrogen (secondary N) is 1. The van der Waals surface area contributed by atoms with E-state index in [9.17, 15) is 19.8 Å². The Morgan fingerprint density at radius 1 is 0.732 bits per heavy atom. The van der Waals surface area contributed by atoms with Crippen molar-refractivity contribution >= 4 is 11.9 Å². The van der Waals surface area contributed by atoms with Gasteiger partial charge in [0.1, 0.15) is 23.3 Å². The number of amides is 1. The summed E-state index contributed by atoms with van der Waals surface area (Å²) < 4.78 is 6.14. The van der Waals surface area contributed by atoms with E-state index >= 15 is 0 Å². The van der Waals surface area contributed by atoms with Crippen molar-refractivity contribution in [3.63, 3.8) is 0 Å². The van der Waals surface area contributed by atoms with Crippen molar-refractivity contribution in [2.45, 2.75) is 137 Å². The number of hydrogen-bond acceptors (Lipinski definition) is 4. The van der Waals surface area contributed by atoms with E-state index in [1.54, 1.807) is 12.1 Å². The van der Waals surface area contributed by atoms with Crippen molar-refractivity contribution < 1.29 is 24.5 Å². The first-order valence-electron chi connectivity index (χ1n) is 15.7. The molecule has 1 atom stereocenters. The van der Waals surface area contributed by atoms with Gasteiger partial charge in [0.25, 0.3) is 0 Å². The van der Waals surface area contributed by atoms with E-state index in [1.807, 2.05) is 39.8 Å². The van der Waals surface area contributed by atoms with Gasteiger partial charge in [-0.2, -0.15) is 0 Å². The standard InChI is InChI=1S/C35H53NO5/c1-6-7-8-9-10-11-12-13-14-15-16-17-18-19-32(37)36-31(35(39)40)24-29-20-27(4)34(28(5)21-29)41-30-22-25(2)33(38)26(3)23-30/h20-23,31,38H,6-19,24H2,1-5H3,(H,36,37)(H,39,40). The zero-order valence-corrected chi connectivity index (χ0v) is 26.1. The van der Waals surface area contributed by atoms with E-state index in [-0.39, 0.29) is 18.1 Å². The Balaban J connectivity index is 1.75. The third kappa shape index (κ3) is 12.6. The molecule has 0 saturated heterocycles. The quantitative estimate of drug-likeness (QED) is 0.139. The number of rotatable bonds is 20. The highest BCUT2D eigenvalue weighted by Crippen LogP contribution is 2.34. The van der Waals surface area contributed by atoms with E-state index in [0.29, 0.717) is 17.9 Å². The van der Waals surface area contributed by atoms with Gasteiger partial charge in [0, 0.05) is 12.8 Å². The molecular weight excluding hydrogens is 514 g/mol. The smallest absolute Gasteiger partial charge is 0.326 e. The van der Waals surface area contributed by atoms with Crippen LogP contribution in [0.1, 0.15) is 125 Å². The van der Waals surface area contributed by atoms with Crippen LogP contribution in [0.25, 0.3) is 0 Å². The maximum absolute atomic E-state index is 12.5. The van der Waals surface area contributed by atoms with Crippen molar-refractivity contribution in [2.24, 2.45) is 0 Å². The molecule has 0 saturated carbocycles. The summed E-state index contributed by atoms with van der Waals surface area (Å²) in [5.74, 6) is 0.371. The molecule has 2 aromatic rings. The van der Waals surface area contributed by atoms with Gasteiger partial charge < -0.3 is 20.3 Å². The van der Waals surface area contributed by atoms with Crippen LogP contribution in [0.2, 0.25) is 0 Å². The normalized spacial score (nSPS) is 11.8. The number of phenols is 1. The minimum atomic E-state index is -1.03. The van der Waals surface area contributed by atoms with Gasteiger partial charge in [-0.25, -0.2) is 4.79 Å². The monoisotopic (exact) mass is 567 g/mol. The number of aryl methyl sites for hydroxylation is 4. The Labute approximate surface area is 247 Å². The molecule has 0 spiro atoms. The molecule has 41 heavy (non-hydrogen) atoms. The maximum atomic E-state index is 12.5. The Kier molecular flexibility index (Phi) is 15.4. The van der Waals surface area contributed by atoms with Crippen LogP contribution >= 0.6 is 0 Å². The van der Waals surface area contributed by atoms with E-state index in [1.165, 1.54) is 64.2 Å². The third-order valence-corrected chi connectivity index (χ3v) is 7.79. The predicted molar refractivity (Wildman–Crippen MR) is 167 cm³/mol. The third-order valence-electron chi connectivity index (χ3n) is 7.79. The lowest BCUT2D eigenvalue weighted by atomic mass is 9.99. The Bertz CT molecular complexity index is 1060. The first kappa shape index (κ1) is 34.2. The van der Waals surface area contributed by atoms with Gasteiger partial charge in [0.2, 0.25) is 5.91 Å². The number of benzene rings is 2. The van der Waals surface area contributed by atoms with Gasteiger partial charge in [0.15, 0.2) is 0 Å². The molecule has 0 fully saturated rings. The number of unbranched alkanes of at least 4 members (excludes halogenated alkanes) is 12. The van der Waals surface area contributed by atoms with Crippen LogP contribution < -0.4 is 10.1 Å². The molecule has 6 nitrogen and oxygen atoms in total. The van der Waals surface area contributed by atoms with Crippen LogP contribution in [-0.2, 0) is 16.0 Å². The lowest BCUT2D eigenvalue weighted by Gasteiger charge is -2.18. The molecule has 2 rings (SSSR count). The second-order valence-corrected chi connectivity index (χ2v) is 11.7. The first-order valence-corrected chi connectivity index (χ1v) is 15.7. The summed E-state index contributed by atoms with van der Waals surface area (Å²) in [4.78, 5) is 24.4. The average molecular weight is 568 g/mol. The summed E-state index contributed by atoms with van der Waals surface area (Å²) >= 11 is 0. The van der Waals surface area contributed by atoms with E-state index in [0.717, 1.165) is 47.1 Å². The largest absolute Gasteiger partial charge is 0.507 e. The fourth-order valence-electron chi connectivity index (χ4n) is 5.42. The topological polar surface area (TPSA) is 95.9 Å². The Hall–Kier alpha value is -3.02. The number of hydrogen-bond donors (Lipinski definition) is 3. The number of phenolic OH excluding ortho intramolecular Hbond substituents is 1. The van der Waals surface area contributed by atoms with Crippen LogP contribution in [-0.4, -0.2) is 28.1 Å². The maximum Gasteiger partial charge on any atom is 0.326 e. The molecular formula is C35H53NO5. The number of aromatic hydroxyl groups is 1. The molecule has 3 N–H and O–H groups in total. The molecule has 0 aliphatic carbocycles. The lowest BCUT2D eigenvalue weighted by Crippen LogP contribution is -2.42. The van der Waals surface area contributed by atoms with Crippen molar-refractivity contribution in [3.8, 4) is 17.2 Å². The lowest BCUT2D eigenvalue weighted by molar-refractivity contribution is -0.141. The highest BCUT2D eigenvalue weighted by Gasteiger charge is 2.21. The molecule has 228 valence electrons.